The van der Waals surface area contributed by atoms with Crippen LogP contribution in [0, 0.1) is 0 Å². The van der Waals surface area contributed by atoms with Gasteiger partial charge in [0, 0.05) is 19.3 Å². The summed E-state index contributed by atoms with van der Waals surface area (Å²) in [6.45, 7) is 6.23. The molecule has 0 aromatic heterocycles. The molecule has 1 unspecified atom stereocenters. The summed E-state index contributed by atoms with van der Waals surface area (Å²) in [5.74, 6) is -1.03. The second kappa shape index (κ2) is 47.5. The van der Waals surface area contributed by atoms with E-state index in [9.17, 15) is 14.4 Å². The molecule has 336 valence electrons. The van der Waals surface area contributed by atoms with E-state index in [1.165, 1.54) is 12.8 Å². The number of rotatable bonds is 40. The van der Waals surface area contributed by atoms with Crippen LogP contribution in [0.5, 0.6) is 0 Å². The minimum absolute atomic E-state index is 0.116. The number of allylic oxidation sites excluding steroid dienone is 20. The summed E-state index contributed by atoms with van der Waals surface area (Å²) in [4.78, 5) is 37.8. The van der Waals surface area contributed by atoms with Crippen LogP contribution in [0.4, 0.5) is 0 Å². The van der Waals surface area contributed by atoms with Gasteiger partial charge in [0.2, 0.25) is 0 Å². The Kier molecular flexibility index (Phi) is 44.2. The largest absolute Gasteiger partial charge is 0.462 e. The lowest BCUT2D eigenvalue weighted by atomic mass is 10.1. The molecule has 1 atom stereocenters. The average molecular weight is 829 g/mol. The third kappa shape index (κ3) is 44.9. The first-order valence-electron chi connectivity index (χ1n) is 23.6. The Bertz CT molecular complexity index is 1320. The second-order valence-electron chi connectivity index (χ2n) is 15.0. The number of esters is 3. The summed E-state index contributed by atoms with van der Waals surface area (Å²) < 4.78 is 16.6. The average Bonchev–Trinajstić information content (AvgIpc) is 3.24. The van der Waals surface area contributed by atoms with Crippen LogP contribution in [-0.2, 0) is 28.6 Å². The van der Waals surface area contributed by atoms with Crippen molar-refractivity contribution < 1.29 is 28.6 Å². The Balaban J connectivity index is 4.55. The lowest BCUT2D eigenvalue weighted by Gasteiger charge is -2.18. The van der Waals surface area contributed by atoms with Crippen molar-refractivity contribution >= 4 is 17.9 Å². The van der Waals surface area contributed by atoms with E-state index in [0.29, 0.717) is 12.8 Å². The van der Waals surface area contributed by atoms with Gasteiger partial charge >= 0.3 is 17.9 Å². The molecule has 60 heavy (non-hydrogen) atoms. The zero-order valence-corrected chi connectivity index (χ0v) is 38.2. The molecule has 0 bridgehead atoms. The van der Waals surface area contributed by atoms with Crippen LogP contribution in [0.25, 0.3) is 0 Å². The van der Waals surface area contributed by atoms with E-state index in [2.05, 4.69) is 118 Å². The molecule has 6 heteroatoms. The molecule has 0 aromatic carbocycles. The SMILES string of the molecule is CC\C=C/C=C\C=C/C=C\CCCCCCCC(=O)OC(COC(=O)CCC/C=C\C/C=C\C/C=C\C/C=C\C/C=C\CC)COC(=O)CCCCCC/C=C\CCCC. The van der Waals surface area contributed by atoms with Crippen LogP contribution in [-0.4, -0.2) is 37.2 Å². The molecular weight excluding hydrogens is 745 g/mol. The van der Waals surface area contributed by atoms with Crippen molar-refractivity contribution in [1.29, 1.82) is 0 Å². The maximum Gasteiger partial charge on any atom is 0.306 e. The highest BCUT2D eigenvalue weighted by molar-refractivity contribution is 5.71. The highest BCUT2D eigenvalue weighted by atomic mass is 16.6. The number of carbonyl (C=O) groups excluding carboxylic acids is 3. The molecule has 0 aromatic rings. The smallest absolute Gasteiger partial charge is 0.306 e. The Labute approximate surface area is 367 Å². The van der Waals surface area contributed by atoms with Gasteiger partial charge in [-0.25, -0.2) is 0 Å². The fourth-order valence-corrected chi connectivity index (χ4v) is 5.76. The fourth-order valence-electron chi connectivity index (χ4n) is 5.76. The van der Waals surface area contributed by atoms with Gasteiger partial charge in [-0.1, -0.05) is 187 Å². The van der Waals surface area contributed by atoms with Crippen molar-refractivity contribution in [3.63, 3.8) is 0 Å². The Morgan fingerprint density at radius 3 is 1.30 bits per heavy atom. The van der Waals surface area contributed by atoms with Crippen LogP contribution in [0.1, 0.15) is 181 Å². The zero-order valence-electron chi connectivity index (χ0n) is 38.2. The molecule has 0 amide bonds. The minimum Gasteiger partial charge on any atom is -0.462 e. The predicted molar refractivity (Wildman–Crippen MR) is 256 cm³/mol. The molecular formula is C54H84O6. The maximum atomic E-state index is 12.7. The number of ether oxygens (including phenoxy) is 3. The zero-order chi connectivity index (χ0) is 43.7. The molecule has 0 spiro atoms. The summed E-state index contributed by atoms with van der Waals surface area (Å²) in [5.41, 5.74) is 0. The molecule has 0 aliphatic rings. The Morgan fingerprint density at radius 2 is 0.750 bits per heavy atom. The van der Waals surface area contributed by atoms with Gasteiger partial charge in [0.05, 0.1) is 0 Å². The second-order valence-corrected chi connectivity index (χ2v) is 15.0. The van der Waals surface area contributed by atoms with E-state index < -0.39 is 6.10 Å². The van der Waals surface area contributed by atoms with E-state index in [1.807, 2.05) is 24.3 Å². The first-order valence-corrected chi connectivity index (χ1v) is 23.6. The van der Waals surface area contributed by atoms with E-state index in [1.54, 1.807) is 0 Å². The molecule has 0 saturated heterocycles. The number of hydrogen-bond donors (Lipinski definition) is 0. The lowest BCUT2D eigenvalue weighted by molar-refractivity contribution is -0.167. The predicted octanol–water partition coefficient (Wildman–Crippen LogP) is 15.4. The summed E-state index contributed by atoms with van der Waals surface area (Å²) in [6.07, 6.45) is 64.7. The van der Waals surface area contributed by atoms with Crippen molar-refractivity contribution in [1.82, 2.24) is 0 Å². The van der Waals surface area contributed by atoms with Gasteiger partial charge in [-0.05, 0) is 96.3 Å². The van der Waals surface area contributed by atoms with Gasteiger partial charge in [0.1, 0.15) is 13.2 Å². The molecule has 6 nitrogen and oxygen atoms in total. The van der Waals surface area contributed by atoms with Crippen LogP contribution >= 0.6 is 0 Å². The monoisotopic (exact) mass is 829 g/mol. The van der Waals surface area contributed by atoms with Crippen LogP contribution in [0.2, 0.25) is 0 Å². The topological polar surface area (TPSA) is 78.9 Å². The molecule has 0 aliphatic carbocycles. The van der Waals surface area contributed by atoms with Crippen LogP contribution in [0.3, 0.4) is 0 Å². The highest BCUT2D eigenvalue weighted by Crippen LogP contribution is 2.12. The summed E-state index contributed by atoms with van der Waals surface area (Å²) in [7, 11) is 0. The van der Waals surface area contributed by atoms with Crippen LogP contribution in [0.15, 0.2) is 122 Å². The van der Waals surface area contributed by atoms with Gasteiger partial charge in [-0.3, -0.25) is 14.4 Å². The first kappa shape index (κ1) is 55.8. The van der Waals surface area contributed by atoms with Gasteiger partial charge in [0.15, 0.2) is 6.10 Å². The lowest BCUT2D eigenvalue weighted by Crippen LogP contribution is -2.30. The molecule has 0 N–H and O–H groups in total. The van der Waals surface area contributed by atoms with Crippen molar-refractivity contribution in [3.05, 3.63) is 122 Å². The van der Waals surface area contributed by atoms with E-state index >= 15 is 0 Å². The molecule has 0 rings (SSSR count). The molecule has 0 heterocycles. The van der Waals surface area contributed by atoms with Crippen molar-refractivity contribution in [3.8, 4) is 0 Å². The summed E-state index contributed by atoms with van der Waals surface area (Å²) in [6, 6.07) is 0. The molecule has 0 radical (unpaired) electrons. The van der Waals surface area contributed by atoms with Gasteiger partial charge in [-0.2, -0.15) is 0 Å². The number of unbranched alkanes of at least 4 members (excludes halogenated alkanes) is 12. The third-order valence-corrected chi connectivity index (χ3v) is 9.28. The Morgan fingerprint density at radius 1 is 0.367 bits per heavy atom. The van der Waals surface area contributed by atoms with E-state index in [0.717, 1.165) is 122 Å². The van der Waals surface area contributed by atoms with Crippen LogP contribution < -0.4 is 0 Å². The van der Waals surface area contributed by atoms with Gasteiger partial charge < -0.3 is 14.2 Å². The van der Waals surface area contributed by atoms with Crippen molar-refractivity contribution in [2.45, 2.75) is 187 Å². The number of carbonyl (C=O) groups is 3. The Hall–Kier alpha value is -4.19. The molecule has 0 aliphatic heterocycles. The summed E-state index contributed by atoms with van der Waals surface area (Å²) >= 11 is 0. The quantitative estimate of drug-likeness (QED) is 0.0201. The van der Waals surface area contributed by atoms with E-state index in [-0.39, 0.29) is 44.0 Å². The standard InChI is InChI=1S/C54H84O6/c1-4-7-10-13-16-19-22-24-26-27-29-30-32-35-38-41-44-47-53(56)59-50-51(49-58-52(55)46-43-40-37-34-21-18-15-12-9-6-3)60-54(57)48-45-42-39-36-33-31-28-25-23-20-17-14-11-8-5-2/h7-8,10-11,14-20,23-26,28-30,35,38,51H,4-6,9,12-13,21-22,27,31-34,36-37,39-50H2,1-3H3/b10-7-,11-8-,17-14-,18-15-,19-16-,23-20-,26-24-,28-25-,30-29-,38-35-. The normalized spacial score (nSPS) is 13.2. The van der Waals surface area contributed by atoms with Gasteiger partial charge in [-0.15, -0.1) is 0 Å². The van der Waals surface area contributed by atoms with Crippen molar-refractivity contribution in [2.24, 2.45) is 0 Å². The maximum absolute atomic E-state index is 12.7. The fraction of sp³-hybridized carbons (Fsp3) is 0.574. The molecule has 0 saturated carbocycles. The third-order valence-electron chi connectivity index (χ3n) is 9.28. The number of hydrogen-bond acceptors (Lipinski definition) is 6. The van der Waals surface area contributed by atoms with E-state index in [4.69, 9.17) is 14.2 Å². The summed E-state index contributed by atoms with van der Waals surface area (Å²) in [5, 5.41) is 0. The van der Waals surface area contributed by atoms with Crippen molar-refractivity contribution in [2.75, 3.05) is 13.2 Å². The highest BCUT2D eigenvalue weighted by Gasteiger charge is 2.19. The first-order chi connectivity index (χ1) is 29.5. The minimum atomic E-state index is -0.819. The van der Waals surface area contributed by atoms with Gasteiger partial charge in [0.25, 0.3) is 0 Å². The molecule has 0 fully saturated rings.